The summed E-state index contributed by atoms with van der Waals surface area (Å²) in [5.41, 5.74) is -0.527. The van der Waals surface area contributed by atoms with Crippen molar-refractivity contribution in [2.24, 2.45) is 0 Å². The molecule has 19 heavy (non-hydrogen) atoms. The highest BCUT2D eigenvalue weighted by Crippen LogP contribution is 2.30. The van der Waals surface area contributed by atoms with E-state index in [0.717, 1.165) is 12.1 Å². The molecule has 0 aliphatic heterocycles. The van der Waals surface area contributed by atoms with Crippen LogP contribution in [0, 0.1) is 3.95 Å². The molecular formula is C11H7F3N2OS2. The van der Waals surface area contributed by atoms with Crippen molar-refractivity contribution in [1.82, 2.24) is 4.98 Å². The average molecular weight is 304 g/mol. The monoisotopic (exact) mass is 304 g/mol. The Hall–Kier alpha value is -1.67. The van der Waals surface area contributed by atoms with Gasteiger partial charge in [0.05, 0.1) is 5.56 Å². The number of aromatic nitrogens is 1. The molecule has 0 aliphatic carbocycles. The zero-order valence-electron chi connectivity index (χ0n) is 9.25. The number of hydrogen-bond acceptors (Lipinski definition) is 3. The van der Waals surface area contributed by atoms with Gasteiger partial charge in [0, 0.05) is 11.1 Å². The molecule has 1 amide bonds. The molecule has 0 saturated heterocycles. The molecule has 2 rings (SSSR count). The Balaban J connectivity index is 2.20. The van der Waals surface area contributed by atoms with Gasteiger partial charge in [-0.15, -0.1) is 11.3 Å². The smallest absolute Gasteiger partial charge is 0.333 e. The second-order valence-corrected chi connectivity index (χ2v) is 5.14. The van der Waals surface area contributed by atoms with E-state index >= 15 is 0 Å². The topological polar surface area (TPSA) is 44.9 Å². The summed E-state index contributed by atoms with van der Waals surface area (Å²) in [7, 11) is 0. The van der Waals surface area contributed by atoms with Crippen molar-refractivity contribution in [3.8, 4) is 0 Å². The number of anilines is 1. The normalized spacial score (nSPS) is 11.3. The Morgan fingerprint density at radius 2 is 2.11 bits per heavy atom. The quantitative estimate of drug-likeness (QED) is 0.821. The first-order valence-electron chi connectivity index (χ1n) is 5.03. The lowest BCUT2D eigenvalue weighted by atomic mass is 10.2. The molecule has 1 heterocycles. The van der Waals surface area contributed by atoms with E-state index < -0.39 is 17.6 Å². The lowest BCUT2D eigenvalue weighted by Gasteiger charge is -2.09. The fourth-order valence-electron chi connectivity index (χ4n) is 1.36. The summed E-state index contributed by atoms with van der Waals surface area (Å²) in [4.78, 5) is 14.4. The van der Waals surface area contributed by atoms with E-state index in [1.54, 1.807) is 0 Å². The van der Waals surface area contributed by atoms with Crippen molar-refractivity contribution in [3.63, 3.8) is 0 Å². The number of halogens is 3. The molecule has 0 saturated carbocycles. The predicted molar refractivity (Wildman–Crippen MR) is 68.9 cm³/mol. The van der Waals surface area contributed by atoms with Crippen molar-refractivity contribution in [3.05, 3.63) is 44.9 Å². The number of carbonyl (C=O) groups is 1. The van der Waals surface area contributed by atoms with Crippen LogP contribution in [0.4, 0.5) is 18.9 Å². The van der Waals surface area contributed by atoms with Gasteiger partial charge in [-0.3, -0.25) is 4.79 Å². The van der Waals surface area contributed by atoms with Gasteiger partial charge in [0.15, 0.2) is 3.95 Å². The van der Waals surface area contributed by atoms with E-state index in [-0.39, 0.29) is 11.4 Å². The van der Waals surface area contributed by atoms with Crippen molar-refractivity contribution in [1.29, 1.82) is 0 Å². The molecule has 0 bridgehead atoms. The number of rotatable bonds is 2. The van der Waals surface area contributed by atoms with E-state index in [0.29, 0.717) is 3.95 Å². The van der Waals surface area contributed by atoms with Crippen LogP contribution < -0.4 is 5.32 Å². The predicted octanol–water partition coefficient (Wildman–Crippen LogP) is 4.08. The van der Waals surface area contributed by atoms with E-state index in [9.17, 15) is 18.0 Å². The fourth-order valence-corrected chi connectivity index (χ4v) is 2.18. The van der Waals surface area contributed by atoms with Crippen LogP contribution in [0.15, 0.2) is 29.6 Å². The van der Waals surface area contributed by atoms with Crippen LogP contribution in [0.3, 0.4) is 0 Å². The van der Waals surface area contributed by atoms with Gasteiger partial charge >= 0.3 is 6.18 Å². The summed E-state index contributed by atoms with van der Waals surface area (Å²) in [6.45, 7) is 0. The third-order valence-corrected chi connectivity index (χ3v) is 3.27. The number of aromatic amines is 1. The molecule has 1 aromatic carbocycles. The average Bonchev–Trinajstić information content (AvgIpc) is 2.75. The van der Waals surface area contributed by atoms with Crippen LogP contribution in [0.25, 0.3) is 0 Å². The molecule has 100 valence electrons. The van der Waals surface area contributed by atoms with Gasteiger partial charge in [-0.2, -0.15) is 13.2 Å². The lowest BCUT2D eigenvalue weighted by Crippen LogP contribution is -2.13. The SMILES string of the molecule is O=C(Nc1cccc(C(F)(F)F)c1)c1csc(=S)[nH]1. The Morgan fingerprint density at radius 1 is 1.37 bits per heavy atom. The maximum Gasteiger partial charge on any atom is 0.416 e. The number of hydrogen-bond donors (Lipinski definition) is 2. The Kier molecular flexibility index (Phi) is 3.72. The number of thiazole rings is 1. The van der Waals surface area contributed by atoms with Crippen LogP contribution in [-0.2, 0) is 6.18 Å². The minimum atomic E-state index is -4.44. The van der Waals surface area contributed by atoms with E-state index in [1.807, 2.05) is 0 Å². The van der Waals surface area contributed by atoms with Crippen molar-refractivity contribution >= 4 is 35.1 Å². The molecule has 0 aliphatic rings. The summed E-state index contributed by atoms with van der Waals surface area (Å²) in [5.74, 6) is -0.535. The first kappa shape index (κ1) is 13.8. The van der Waals surface area contributed by atoms with Crippen molar-refractivity contribution in [2.45, 2.75) is 6.18 Å². The van der Waals surface area contributed by atoms with Crippen LogP contribution in [0.5, 0.6) is 0 Å². The molecule has 8 heteroatoms. The summed E-state index contributed by atoms with van der Waals surface area (Å²) in [5, 5.41) is 3.88. The van der Waals surface area contributed by atoms with Crippen molar-refractivity contribution in [2.75, 3.05) is 5.32 Å². The number of nitrogens with one attached hydrogen (secondary N) is 2. The van der Waals surface area contributed by atoms with Crippen molar-refractivity contribution < 1.29 is 18.0 Å². The van der Waals surface area contributed by atoms with Gasteiger partial charge in [0.25, 0.3) is 5.91 Å². The first-order valence-corrected chi connectivity index (χ1v) is 6.31. The number of H-pyrrole nitrogens is 1. The number of carbonyl (C=O) groups excluding carboxylic acids is 1. The van der Waals surface area contributed by atoms with Gasteiger partial charge in [-0.1, -0.05) is 6.07 Å². The summed E-state index contributed by atoms with van der Waals surface area (Å²) < 4.78 is 37.9. The minimum Gasteiger partial charge on any atom is -0.333 e. The highest BCUT2D eigenvalue weighted by atomic mass is 32.1. The first-order chi connectivity index (χ1) is 8.86. The molecule has 0 spiro atoms. The molecular weight excluding hydrogens is 297 g/mol. The van der Waals surface area contributed by atoms with Crippen LogP contribution in [0.2, 0.25) is 0 Å². The van der Waals surface area contributed by atoms with Gasteiger partial charge in [-0.05, 0) is 30.4 Å². The number of amides is 1. The third kappa shape index (κ3) is 3.42. The van der Waals surface area contributed by atoms with Crippen LogP contribution in [0.1, 0.15) is 16.1 Å². The van der Waals surface area contributed by atoms with Gasteiger partial charge < -0.3 is 10.3 Å². The molecule has 0 unspecified atom stereocenters. The van der Waals surface area contributed by atoms with Gasteiger partial charge in [0.1, 0.15) is 5.69 Å². The standard InChI is InChI=1S/C11H7F3N2OS2/c12-11(13,14)6-2-1-3-7(4-6)15-9(17)8-5-19-10(18)16-8/h1-5H,(H,15,17)(H,16,18). The number of alkyl halides is 3. The third-order valence-electron chi connectivity index (χ3n) is 2.21. The highest BCUT2D eigenvalue weighted by Gasteiger charge is 2.30. The van der Waals surface area contributed by atoms with Crippen LogP contribution >= 0.6 is 23.6 Å². The molecule has 2 aromatic rings. The second-order valence-electron chi connectivity index (χ2n) is 3.59. The Bertz CT molecular complexity index is 660. The molecule has 3 nitrogen and oxygen atoms in total. The Labute approximate surface area is 115 Å². The summed E-state index contributed by atoms with van der Waals surface area (Å²) in [6, 6.07) is 4.43. The lowest BCUT2D eigenvalue weighted by molar-refractivity contribution is -0.137. The molecule has 1 aromatic heterocycles. The fraction of sp³-hybridized carbons (Fsp3) is 0.0909. The zero-order valence-corrected chi connectivity index (χ0v) is 10.9. The Morgan fingerprint density at radius 3 is 2.68 bits per heavy atom. The van der Waals surface area contributed by atoms with Gasteiger partial charge in [-0.25, -0.2) is 0 Å². The zero-order chi connectivity index (χ0) is 14.0. The van der Waals surface area contributed by atoms with E-state index in [2.05, 4.69) is 10.3 Å². The molecule has 0 atom stereocenters. The second kappa shape index (κ2) is 5.14. The summed E-state index contributed by atoms with van der Waals surface area (Å²) in [6.07, 6.45) is -4.44. The maximum absolute atomic E-state index is 12.5. The number of benzene rings is 1. The van der Waals surface area contributed by atoms with E-state index in [1.165, 1.54) is 28.8 Å². The highest BCUT2D eigenvalue weighted by molar-refractivity contribution is 7.73. The van der Waals surface area contributed by atoms with Crippen LogP contribution in [-0.4, -0.2) is 10.9 Å². The molecule has 2 N–H and O–H groups in total. The molecule has 0 radical (unpaired) electrons. The largest absolute Gasteiger partial charge is 0.416 e. The van der Waals surface area contributed by atoms with E-state index in [4.69, 9.17) is 12.2 Å². The minimum absolute atomic E-state index is 0.0744. The summed E-state index contributed by atoms with van der Waals surface area (Å²) >= 11 is 5.99. The molecule has 0 fully saturated rings. The van der Waals surface area contributed by atoms with Gasteiger partial charge in [0.2, 0.25) is 0 Å². The maximum atomic E-state index is 12.5.